The molecule has 0 unspecified atom stereocenters. The van der Waals surface area contributed by atoms with Crippen LogP contribution in [0.25, 0.3) is 0 Å². The summed E-state index contributed by atoms with van der Waals surface area (Å²) in [7, 11) is 0. The molecule has 1 rings (SSSR count). The second-order valence-corrected chi connectivity index (χ2v) is 1.58. The average Bonchev–Trinajstić information content (AvgIpc) is 2.34. The van der Waals surface area contributed by atoms with E-state index in [9.17, 15) is 0 Å². The molecule has 0 fully saturated rings. The Balaban J connectivity index is 2.48. The Morgan fingerprint density at radius 2 is 2.67 bits per heavy atom. The van der Waals surface area contributed by atoms with Crippen LogP contribution < -0.4 is 0 Å². The van der Waals surface area contributed by atoms with E-state index in [-0.39, 0.29) is 0 Å². The minimum absolute atomic E-state index is 0.545. The topological polar surface area (TPSA) is 45.7 Å². The van der Waals surface area contributed by atoms with E-state index in [0.717, 1.165) is 5.76 Å². The molecule has 1 aromatic rings. The van der Waals surface area contributed by atoms with Gasteiger partial charge in [0.2, 0.25) is 0 Å². The van der Waals surface area contributed by atoms with Gasteiger partial charge in [0.1, 0.15) is 5.76 Å². The van der Waals surface area contributed by atoms with Crippen LogP contribution in [0.2, 0.25) is 0 Å². The number of furan rings is 1. The van der Waals surface area contributed by atoms with Crippen LogP contribution in [-0.4, -0.2) is 11.4 Å². The monoisotopic (exact) mass is 125 g/mol. The van der Waals surface area contributed by atoms with Gasteiger partial charge in [0.05, 0.1) is 12.5 Å². The summed E-state index contributed by atoms with van der Waals surface area (Å²) in [6, 6.07) is 3.61. The van der Waals surface area contributed by atoms with Crippen LogP contribution in [-0.2, 0) is 6.42 Å². The number of hydrogen-bond acceptors (Lipinski definition) is 3. The van der Waals surface area contributed by atoms with Crippen molar-refractivity contribution >= 4 is 6.21 Å². The molecule has 1 aromatic heterocycles. The minimum Gasteiger partial charge on any atom is -0.469 e. The van der Waals surface area contributed by atoms with Gasteiger partial charge in [-0.3, -0.25) is 0 Å². The lowest BCUT2D eigenvalue weighted by molar-refractivity contribution is 0.320. The van der Waals surface area contributed by atoms with E-state index in [2.05, 4.69) is 5.16 Å². The minimum atomic E-state index is 0.545. The first kappa shape index (κ1) is 5.88. The van der Waals surface area contributed by atoms with Crippen LogP contribution in [0.15, 0.2) is 28.0 Å². The number of oxime groups is 1. The molecule has 1 heterocycles. The lowest BCUT2D eigenvalue weighted by atomic mass is 10.3. The standard InChI is InChI=1S/C6H7NO2/c8-7-4-3-6-2-1-5-9-6/h1-2,4-5,8H,3H2/b7-4+. The van der Waals surface area contributed by atoms with E-state index in [1.165, 1.54) is 6.21 Å². The molecule has 0 spiro atoms. The van der Waals surface area contributed by atoms with Gasteiger partial charge in [0.25, 0.3) is 0 Å². The molecule has 0 bridgehead atoms. The van der Waals surface area contributed by atoms with Crippen molar-refractivity contribution in [3.63, 3.8) is 0 Å². The summed E-state index contributed by atoms with van der Waals surface area (Å²) >= 11 is 0. The number of nitrogens with zero attached hydrogens (tertiary/aromatic N) is 1. The normalized spacial score (nSPS) is 10.7. The lowest BCUT2D eigenvalue weighted by Gasteiger charge is -1.82. The number of rotatable bonds is 2. The molecule has 3 nitrogen and oxygen atoms in total. The zero-order valence-corrected chi connectivity index (χ0v) is 4.82. The van der Waals surface area contributed by atoms with E-state index in [0.29, 0.717) is 6.42 Å². The van der Waals surface area contributed by atoms with Gasteiger partial charge in [0, 0.05) is 6.42 Å². The molecule has 0 aliphatic heterocycles. The molecule has 0 atom stereocenters. The first-order valence-electron chi connectivity index (χ1n) is 2.62. The highest BCUT2D eigenvalue weighted by Gasteiger charge is 1.88. The van der Waals surface area contributed by atoms with Gasteiger partial charge in [0.15, 0.2) is 0 Å². The maximum atomic E-state index is 7.99. The molecule has 0 aliphatic carbocycles. The van der Waals surface area contributed by atoms with Gasteiger partial charge in [-0.05, 0) is 12.1 Å². The van der Waals surface area contributed by atoms with E-state index in [1.807, 2.05) is 6.07 Å². The Morgan fingerprint density at radius 3 is 3.22 bits per heavy atom. The van der Waals surface area contributed by atoms with Crippen LogP contribution in [0.3, 0.4) is 0 Å². The highest BCUT2D eigenvalue weighted by Crippen LogP contribution is 1.98. The Labute approximate surface area is 52.6 Å². The molecule has 48 valence electrons. The van der Waals surface area contributed by atoms with Crippen molar-refractivity contribution in [3.05, 3.63) is 24.2 Å². The molecule has 0 amide bonds. The third-order valence-corrected chi connectivity index (χ3v) is 0.954. The van der Waals surface area contributed by atoms with E-state index in [4.69, 9.17) is 9.62 Å². The zero-order chi connectivity index (χ0) is 6.53. The predicted molar refractivity (Wildman–Crippen MR) is 32.7 cm³/mol. The molecule has 0 aliphatic rings. The second-order valence-electron chi connectivity index (χ2n) is 1.58. The van der Waals surface area contributed by atoms with Crippen molar-refractivity contribution in [1.29, 1.82) is 0 Å². The number of hydrogen-bond donors (Lipinski definition) is 1. The van der Waals surface area contributed by atoms with Gasteiger partial charge in [-0.15, -0.1) is 5.16 Å². The fourth-order valence-corrected chi connectivity index (χ4v) is 0.560. The molecule has 0 radical (unpaired) electrons. The van der Waals surface area contributed by atoms with E-state index in [1.54, 1.807) is 12.3 Å². The van der Waals surface area contributed by atoms with Gasteiger partial charge in [-0.25, -0.2) is 0 Å². The van der Waals surface area contributed by atoms with E-state index < -0.39 is 0 Å². The fourth-order valence-electron chi connectivity index (χ4n) is 0.560. The predicted octanol–water partition coefficient (Wildman–Crippen LogP) is 1.28. The highest BCUT2D eigenvalue weighted by atomic mass is 16.4. The maximum Gasteiger partial charge on any atom is 0.109 e. The SMILES string of the molecule is O/N=C/Cc1ccco1. The van der Waals surface area contributed by atoms with Crippen LogP contribution in [0, 0.1) is 0 Å². The first-order valence-corrected chi connectivity index (χ1v) is 2.62. The lowest BCUT2D eigenvalue weighted by Crippen LogP contribution is -1.80. The third kappa shape index (κ3) is 1.60. The quantitative estimate of drug-likeness (QED) is 0.367. The molecule has 9 heavy (non-hydrogen) atoms. The van der Waals surface area contributed by atoms with Crippen LogP contribution in [0.4, 0.5) is 0 Å². The van der Waals surface area contributed by atoms with Crippen molar-refractivity contribution in [2.45, 2.75) is 6.42 Å². The summed E-state index contributed by atoms with van der Waals surface area (Å²) in [4.78, 5) is 0. The van der Waals surface area contributed by atoms with Crippen molar-refractivity contribution in [2.75, 3.05) is 0 Å². The van der Waals surface area contributed by atoms with Crippen molar-refractivity contribution in [2.24, 2.45) is 5.16 Å². The van der Waals surface area contributed by atoms with E-state index >= 15 is 0 Å². The van der Waals surface area contributed by atoms with Crippen molar-refractivity contribution in [3.8, 4) is 0 Å². The first-order chi connectivity index (χ1) is 4.43. The summed E-state index contributed by atoms with van der Waals surface area (Å²) in [6.07, 6.45) is 3.50. The van der Waals surface area contributed by atoms with Gasteiger partial charge >= 0.3 is 0 Å². The molecular weight excluding hydrogens is 118 g/mol. The Hall–Kier alpha value is -1.25. The summed E-state index contributed by atoms with van der Waals surface area (Å²) < 4.78 is 4.93. The Morgan fingerprint density at radius 1 is 1.78 bits per heavy atom. The van der Waals surface area contributed by atoms with Gasteiger partial charge in [-0.1, -0.05) is 0 Å². The van der Waals surface area contributed by atoms with Gasteiger partial charge in [-0.2, -0.15) is 0 Å². The third-order valence-electron chi connectivity index (χ3n) is 0.954. The molecular formula is C6H7NO2. The van der Waals surface area contributed by atoms with Gasteiger partial charge < -0.3 is 9.62 Å². The average molecular weight is 125 g/mol. The van der Waals surface area contributed by atoms with Crippen molar-refractivity contribution < 1.29 is 9.62 Å². The molecule has 0 saturated heterocycles. The Bertz CT molecular complexity index is 179. The summed E-state index contributed by atoms with van der Waals surface area (Å²) in [5, 5.41) is 10.8. The Kier molecular flexibility index (Phi) is 1.90. The molecule has 0 aromatic carbocycles. The summed E-state index contributed by atoms with van der Waals surface area (Å²) in [6.45, 7) is 0. The molecule has 1 N–H and O–H groups in total. The maximum absolute atomic E-state index is 7.99. The highest BCUT2D eigenvalue weighted by molar-refractivity contribution is 5.59. The second kappa shape index (κ2) is 2.91. The molecule has 3 heteroatoms. The molecule has 0 saturated carbocycles. The van der Waals surface area contributed by atoms with Crippen LogP contribution in [0.5, 0.6) is 0 Å². The largest absolute Gasteiger partial charge is 0.469 e. The smallest absolute Gasteiger partial charge is 0.109 e. The van der Waals surface area contributed by atoms with Crippen LogP contribution >= 0.6 is 0 Å². The van der Waals surface area contributed by atoms with Crippen molar-refractivity contribution in [1.82, 2.24) is 0 Å². The fraction of sp³-hybridized carbons (Fsp3) is 0.167. The summed E-state index contributed by atoms with van der Waals surface area (Å²) in [5.74, 6) is 0.799. The van der Waals surface area contributed by atoms with Crippen LogP contribution in [0.1, 0.15) is 5.76 Å². The summed E-state index contributed by atoms with van der Waals surface area (Å²) in [5.41, 5.74) is 0. The zero-order valence-electron chi connectivity index (χ0n) is 4.82.